The molecule has 0 aliphatic rings. The summed E-state index contributed by atoms with van der Waals surface area (Å²) < 4.78 is 26.3. The molecule has 7 heteroatoms. The third kappa shape index (κ3) is 3.00. The number of halogens is 2. The summed E-state index contributed by atoms with van der Waals surface area (Å²) in [6.45, 7) is 0. The number of hydrogen-bond acceptors (Lipinski definition) is 4. The summed E-state index contributed by atoms with van der Waals surface area (Å²) in [6, 6.07) is 6.75. The van der Waals surface area contributed by atoms with Crippen molar-refractivity contribution in [2.45, 2.75) is 9.79 Å². The summed E-state index contributed by atoms with van der Waals surface area (Å²) >= 11 is 0.899. The van der Waals surface area contributed by atoms with Crippen LogP contribution < -0.4 is 0 Å². The minimum absolute atomic E-state index is 0.0768. The number of nitro benzene ring substituents is 1. The van der Waals surface area contributed by atoms with Gasteiger partial charge in [0.2, 0.25) is 0 Å². The van der Waals surface area contributed by atoms with Crippen LogP contribution in [0.15, 0.2) is 46.2 Å². The van der Waals surface area contributed by atoms with Crippen molar-refractivity contribution in [3.63, 3.8) is 0 Å². The molecule has 0 atom stereocenters. The predicted octanol–water partition coefficient (Wildman–Crippen LogP) is 3.84. The molecule has 0 radical (unpaired) electrons. The number of carbonyl (C=O) groups excluding carboxylic acids is 1. The Morgan fingerprint density at radius 2 is 1.80 bits per heavy atom. The maximum atomic E-state index is 13.5. The molecule has 0 spiro atoms. The highest BCUT2D eigenvalue weighted by molar-refractivity contribution is 7.99. The summed E-state index contributed by atoms with van der Waals surface area (Å²) in [6.07, 6.45) is 0.455. The minimum atomic E-state index is -0.759. The molecule has 0 aromatic heterocycles. The minimum Gasteiger partial charge on any atom is -0.298 e. The molecule has 0 bridgehead atoms. The van der Waals surface area contributed by atoms with E-state index in [-0.39, 0.29) is 16.1 Å². The molecule has 0 aliphatic heterocycles. The first-order valence-corrected chi connectivity index (χ1v) is 6.19. The zero-order chi connectivity index (χ0) is 14.7. The monoisotopic (exact) mass is 295 g/mol. The summed E-state index contributed by atoms with van der Waals surface area (Å²) in [7, 11) is 0. The van der Waals surface area contributed by atoms with E-state index in [4.69, 9.17) is 0 Å². The maximum Gasteiger partial charge on any atom is 0.270 e. The molecule has 0 aliphatic carbocycles. The lowest BCUT2D eigenvalue weighted by atomic mass is 10.2. The van der Waals surface area contributed by atoms with E-state index in [0.29, 0.717) is 11.2 Å². The standard InChI is InChI=1S/C13H7F2NO3S/c14-9-1-3-13(11(15)6-9)20-12-4-2-10(16(18)19)5-8(12)7-17/h1-7H. The Labute approximate surface area is 116 Å². The molecule has 0 amide bonds. The Bertz CT molecular complexity index is 691. The number of nitrogens with zero attached hydrogens (tertiary/aromatic N) is 1. The van der Waals surface area contributed by atoms with Crippen molar-refractivity contribution in [2.75, 3.05) is 0 Å². The van der Waals surface area contributed by atoms with Crippen LogP contribution in [0, 0.1) is 21.7 Å². The van der Waals surface area contributed by atoms with E-state index in [9.17, 15) is 23.7 Å². The van der Waals surface area contributed by atoms with Crippen molar-refractivity contribution in [3.8, 4) is 0 Å². The molecule has 4 nitrogen and oxygen atoms in total. The second-order valence-electron chi connectivity index (χ2n) is 3.77. The van der Waals surface area contributed by atoms with Gasteiger partial charge >= 0.3 is 0 Å². The highest BCUT2D eigenvalue weighted by Gasteiger charge is 2.13. The van der Waals surface area contributed by atoms with E-state index in [1.807, 2.05) is 0 Å². The fraction of sp³-hybridized carbons (Fsp3) is 0. The van der Waals surface area contributed by atoms with Crippen molar-refractivity contribution in [3.05, 3.63) is 63.7 Å². The van der Waals surface area contributed by atoms with Crippen LogP contribution in [-0.4, -0.2) is 11.2 Å². The number of benzene rings is 2. The fourth-order valence-electron chi connectivity index (χ4n) is 1.51. The van der Waals surface area contributed by atoms with Gasteiger partial charge in [-0.25, -0.2) is 8.78 Å². The van der Waals surface area contributed by atoms with Gasteiger partial charge in [0, 0.05) is 33.6 Å². The van der Waals surface area contributed by atoms with Crippen molar-refractivity contribution in [1.29, 1.82) is 0 Å². The highest BCUT2D eigenvalue weighted by Crippen LogP contribution is 2.33. The number of carbonyl (C=O) groups is 1. The van der Waals surface area contributed by atoms with Crippen molar-refractivity contribution in [1.82, 2.24) is 0 Å². The molecule has 0 fully saturated rings. The lowest BCUT2D eigenvalue weighted by Gasteiger charge is -2.05. The van der Waals surface area contributed by atoms with Gasteiger partial charge in [-0.2, -0.15) is 0 Å². The topological polar surface area (TPSA) is 60.2 Å². The average Bonchev–Trinajstić information content (AvgIpc) is 2.42. The fourth-order valence-corrected chi connectivity index (χ4v) is 2.40. The van der Waals surface area contributed by atoms with E-state index >= 15 is 0 Å². The number of rotatable bonds is 4. The van der Waals surface area contributed by atoms with E-state index in [1.54, 1.807) is 0 Å². The Balaban J connectivity index is 2.38. The molecule has 102 valence electrons. The predicted molar refractivity (Wildman–Crippen MR) is 69.0 cm³/mol. The van der Waals surface area contributed by atoms with Crippen LogP contribution in [0.1, 0.15) is 10.4 Å². The SMILES string of the molecule is O=Cc1cc([N+](=O)[O-])ccc1Sc1ccc(F)cc1F. The molecule has 2 aromatic carbocycles. The van der Waals surface area contributed by atoms with Gasteiger partial charge in [0.1, 0.15) is 11.6 Å². The van der Waals surface area contributed by atoms with Gasteiger partial charge in [-0.15, -0.1) is 0 Å². The van der Waals surface area contributed by atoms with Crippen molar-refractivity contribution in [2.24, 2.45) is 0 Å². The van der Waals surface area contributed by atoms with Crippen LogP contribution in [0.3, 0.4) is 0 Å². The van der Waals surface area contributed by atoms with Crippen LogP contribution in [0.5, 0.6) is 0 Å². The number of hydrogen-bond donors (Lipinski definition) is 0. The lowest BCUT2D eigenvalue weighted by Crippen LogP contribution is -1.92. The normalized spacial score (nSPS) is 10.3. The molecular weight excluding hydrogens is 288 g/mol. The quantitative estimate of drug-likeness (QED) is 0.488. The van der Waals surface area contributed by atoms with Crippen LogP contribution in [0.25, 0.3) is 0 Å². The van der Waals surface area contributed by atoms with Crippen LogP contribution in [0.4, 0.5) is 14.5 Å². The van der Waals surface area contributed by atoms with Gasteiger partial charge in [-0.1, -0.05) is 11.8 Å². The van der Waals surface area contributed by atoms with E-state index in [0.717, 1.165) is 30.0 Å². The first-order chi connectivity index (χ1) is 9.51. The Morgan fingerprint density at radius 1 is 1.10 bits per heavy atom. The molecule has 2 aromatic rings. The Morgan fingerprint density at radius 3 is 2.40 bits per heavy atom. The van der Waals surface area contributed by atoms with Gasteiger partial charge in [-0.05, 0) is 18.2 Å². The average molecular weight is 295 g/mol. The van der Waals surface area contributed by atoms with E-state index in [2.05, 4.69) is 0 Å². The van der Waals surface area contributed by atoms with Crippen LogP contribution in [-0.2, 0) is 0 Å². The molecule has 0 N–H and O–H groups in total. The third-order valence-electron chi connectivity index (χ3n) is 2.44. The van der Waals surface area contributed by atoms with Gasteiger partial charge in [-0.3, -0.25) is 14.9 Å². The van der Waals surface area contributed by atoms with E-state index in [1.165, 1.54) is 18.2 Å². The third-order valence-corrected chi connectivity index (χ3v) is 3.59. The largest absolute Gasteiger partial charge is 0.298 e. The van der Waals surface area contributed by atoms with Crippen LogP contribution >= 0.6 is 11.8 Å². The number of nitro groups is 1. The lowest BCUT2D eigenvalue weighted by molar-refractivity contribution is -0.384. The van der Waals surface area contributed by atoms with Gasteiger partial charge in [0.05, 0.1) is 4.92 Å². The Hall–Kier alpha value is -2.28. The zero-order valence-electron chi connectivity index (χ0n) is 9.88. The zero-order valence-corrected chi connectivity index (χ0v) is 10.7. The number of non-ortho nitro benzene ring substituents is 1. The molecular formula is C13H7F2NO3S. The molecule has 0 unspecified atom stereocenters. The van der Waals surface area contributed by atoms with E-state index < -0.39 is 16.6 Å². The van der Waals surface area contributed by atoms with Crippen molar-refractivity contribution >= 4 is 23.7 Å². The molecule has 0 saturated heterocycles. The molecule has 0 heterocycles. The Kier molecular flexibility index (Phi) is 4.09. The first-order valence-electron chi connectivity index (χ1n) is 5.38. The van der Waals surface area contributed by atoms with Crippen LogP contribution in [0.2, 0.25) is 0 Å². The second kappa shape index (κ2) is 5.79. The second-order valence-corrected chi connectivity index (χ2v) is 4.86. The molecule has 20 heavy (non-hydrogen) atoms. The smallest absolute Gasteiger partial charge is 0.270 e. The summed E-state index contributed by atoms with van der Waals surface area (Å²) in [5.41, 5.74) is -0.149. The number of aldehydes is 1. The maximum absolute atomic E-state index is 13.5. The molecule has 2 rings (SSSR count). The summed E-state index contributed by atoms with van der Waals surface area (Å²) in [4.78, 5) is 21.4. The van der Waals surface area contributed by atoms with Gasteiger partial charge in [0.15, 0.2) is 6.29 Å². The summed E-state index contributed by atoms with van der Waals surface area (Å²) in [5, 5.41) is 10.6. The molecule has 0 saturated carbocycles. The first kappa shape index (κ1) is 14.1. The summed E-state index contributed by atoms with van der Waals surface area (Å²) in [5.74, 6) is -1.46. The van der Waals surface area contributed by atoms with Gasteiger partial charge < -0.3 is 0 Å². The van der Waals surface area contributed by atoms with Crippen molar-refractivity contribution < 1.29 is 18.5 Å². The highest BCUT2D eigenvalue weighted by atomic mass is 32.2. The van der Waals surface area contributed by atoms with Gasteiger partial charge in [0.25, 0.3) is 5.69 Å².